The van der Waals surface area contributed by atoms with Gasteiger partial charge in [0.1, 0.15) is 11.5 Å². The van der Waals surface area contributed by atoms with Crippen LogP contribution in [0.25, 0.3) is 0 Å². The van der Waals surface area contributed by atoms with Crippen LogP contribution in [0.2, 0.25) is 0 Å². The Morgan fingerprint density at radius 3 is 2.46 bits per heavy atom. The van der Waals surface area contributed by atoms with Crippen LogP contribution in [-0.4, -0.2) is 27.6 Å². The normalized spacial score (nSPS) is 11.3. The Balaban J connectivity index is 1.74. The van der Waals surface area contributed by atoms with Gasteiger partial charge in [0.25, 0.3) is 5.91 Å². The third kappa shape index (κ3) is 4.70. The average molecular weight is 389 g/mol. The molecular weight excluding hydrogens is 371 g/mol. The van der Waals surface area contributed by atoms with E-state index in [4.69, 9.17) is 4.74 Å². The number of nitrogens with zero attached hydrogens (tertiary/aromatic N) is 3. The summed E-state index contributed by atoms with van der Waals surface area (Å²) in [5, 5.41) is 4.07. The molecule has 146 valence electrons. The van der Waals surface area contributed by atoms with Gasteiger partial charge in [0.15, 0.2) is 0 Å². The quantitative estimate of drug-likeness (QED) is 0.645. The van der Waals surface area contributed by atoms with E-state index in [1.54, 1.807) is 43.2 Å². The number of aryl methyl sites for hydroxylation is 1. The number of hydrogen-bond donors (Lipinski definition) is 0. The van der Waals surface area contributed by atoms with E-state index < -0.39 is 11.7 Å². The summed E-state index contributed by atoms with van der Waals surface area (Å²) in [7, 11) is 3.45. The zero-order chi connectivity index (χ0) is 20.3. The number of ether oxygens (including phenoxy) is 1. The lowest BCUT2D eigenvalue weighted by molar-refractivity contribution is -0.137. The lowest BCUT2D eigenvalue weighted by atomic mass is 10.1. The fourth-order valence-electron chi connectivity index (χ4n) is 2.68. The number of halogens is 3. The lowest BCUT2D eigenvalue weighted by Crippen LogP contribution is -2.26. The Kier molecular flexibility index (Phi) is 5.39. The van der Waals surface area contributed by atoms with Gasteiger partial charge < -0.3 is 9.64 Å². The van der Waals surface area contributed by atoms with E-state index in [2.05, 4.69) is 5.10 Å². The predicted octanol–water partition coefficient (Wildman–Crippen LogP) is 4.50. The second-order valence-corrected chi connectivity index (χ2v) is 6.34. The maximum atomic E-state index is 12.8. The van der Waals surface area contributed by atoms with E-state index >= 15 is 0 Å². The molecule has 0 unspecified atom stereocenters. The van der Waals surface area contributed by atoms with Crippen molar-refractivity contribution in [3.63, 3.8) is 0 Å². The molecule has 5 nitrogen and oxygen atoms in total. The van der Waals surface area contributed by atoms with Crippen LogP contribution in [0.4, 0.5) is 13.2 Å². The van der Waals surface area contributed by atoms with Gasteiger partial charge in [-0.15, -0.1) is 0 Å². The number of benzene rings is 2. The van der Waals surface area contributed by atoms with Crippen LogP contribution in [0.1, 0.15) is 21.5 Å². The van der Waals surface area contributed by atoms with Crippen molar-refractivity contribution in [1.82, 2.24) is 14.7 Å². The van der Waals surface area contributed by atoms with Crippen LogP contribution in [0.15, 0.2) is 60.9 Å². The molecular formula is C20H18F3N3O2. The number of carbonyl (C=O) groups is 1. The predicted molar refractivity (Wildman–Crippen MR) is 97.0 cm³/mol. The first-order valence-corrected chi connectivity index (χ1v) is 8.40. The summed E-state index contributed by atoms with van der Waals surface area (Å²) in [6.45, 7) is 0.380. The van der Waals surface area contributed by atoms with Gasteiger partial charge in [-0.3, -0.25) is 9.48 Å². The SMILES string of the molecule is CN(Cc1cnn(C)c1)C(=O)c1cccc(Oc2cccc(C(F)(F)F)c2)c1. The molecule has 0 atom stereocenters. The molecule has 0 fully saturated rings. The topological polar surface area (TPSA) is 47.4 Å². The van der Waals surface area contributed by atoms with Crippen molar-refractivity contribution >= 4 is 5.91 Å². The van der Waals surface area contributed by atoms with Crippen LogP contribution in [0.3, 0.4) is 0 Å². The molecule has 3 rings (SSSR count). The van der Waals surface area contributed by atoms with Gasteiger partial charge in [-0.2, -0.15) is 18.3 Å². The molecule has 0 saturated carbocycles. The summed E-state index contributed by atoms with van der Waals surface area (Å²) in [6, 6.07) is 10.9. The fourth-order valence-corrected chi connectivity index (χ4v) is 2.68. The summed E-state index contributed by atoms with van der Waals surface area (Å²) < 4.78 is 45.7. The zero-order valence-corrected chi connectivity index (χ0v) is 15.3. The largest absolute Gasteiger partial charge is 0.457 e. The van der Waals surface area contributed by atoms with Gasteiger partial charge in [-0.1, -0.05) is 12.1 Å². The van der Waals surface area contributed by atoms with Gasteiger partial charge >= 0.3 is 6.18 Å². The van der Waals surface area contributed by atoms with Crippen molar-refractivity contribution in [3.8, 4) is 11.5 Å². The Morgan fingerprint density at radius 2 is 1.82 bits per heavy atom. The molecule has 1 amide bonds. The second kappa shape index (κ2) is 7.75. The minimum atomic E-state index is -4.45. The second-order valence-electron chi connectivity index (χ2n) is 6.34. The molecule has 1 heterocycles. The standard InChI is InChI=1S/C20H18F3N3O2/c1-25(12-14-11-24-26(2)13-14)19(27)15-5-3-7-17(9-15)28-18-8-4-6-16(10-18)20(21,22)23/h3-11,13H,12H2,1-2H3. The summed E-state index contributed by atoms with van der Waals surface area (Å²) in [4.78, 5) is 14.2. The summed E-state index contributed by atoms with van der Waals surface area (Å²) in [6.07, 6.45) is -0.958. The summed E-state index contributed by atoms with van der Waals surface area (Å²) >= 11 is 0. The highest BCUT2D eigenvalue weighted by atomic mass is 19.4. The van der Waals surface area contributed by atoms with Crippen LogP contribution in [-0.2, 0) is 19.8 Å². The summed E-state index contributed by atoms with van der Waals surface area (Å²) in [5.41, 5.74) is 0.457. The maximum Gasteiger partial charge on any atom is 0.416 e. The number of hydrogen-bond acceptors (Lipinski definition) is 3. The van der Waals surface area contributed by atoms with E-state index in [9.17, 15) is 18.0 Å². The molecule has 2 aromatic carbocycles. The highest BCUT2D eigenvalue weighted by Gasteiger charge is 2.30. The van der Waals surface area contributed by atoms with Crippen LogP contribution < -0.4 is 4.74 Å². The van der Waals surface area contributed by atoms with Gasteiger partial charge in [0.05, 0.1) is 11.8 Å². The first-order valence-electron chi connectivity index (χ1n) is 8.40. The minimum Gasteiger partial charge on any atom is -0.457 e. The summed E-state index contributed by atoms with van der Waals surface area (Å²) in [5.74, 6) is 0.0847. The number of alkyl halides is 3. The van der Waals surface area contributed by atoms with Crippen LogP contribution >= 0.6 is 0 Å². The van der Waals surface area contributed by atoms with Crippen molar-refractivity contribution < 1.29 is 22.7 Å². The van der Waals surface area contributed by atoms with E-state index in [0.717, 1.165) is 17.7 Å². The number of rotatable bonds is 5. The van der Waals surface area contributed by atoms with Gasteiger partial charge in [-0.05, 0) is 36.4 Å². The maximum absolute atomic E-state index is 12.8. The first kappa shape index (κ1) is 19.5. The molecule has 28 heavy (non-hydrogen) atoms. The lowest BCUT2D eigenvalue weighted by Gasteiger charge is -2.17. The molecule has 8 heteroatoms. The minimum absolute atomic E-state index is 0.0446. The Labute approximate surface area is 160 Å². The van der Waals surface area contributed by atoms with Gasteiger partial charge in [-0.25, -0.2) is 0 Å². The molecule has 0 aliphatic carbocycles. The smallest absolute Gasteiger partial charge is 0.416 e. The van der Waals surface area contributed by atoms with E-state index in [1.165, 1.54) is 23.1 Å². The molecule has 0 bridgehead atoms. The third-order valence-corrected chi connectivity index (χ3v) is 4.00. The molecule has 0 radical (unpaired) electrons. The zero-order valence-electron chi connectivity index (χ0n) is 15.3. The highest BCUT2D eigenvalue weighted by Crippen LogP contribution is 2.32. The monoisotopic (exact) mass is 389 g/mol. The van der Waals surface area contributed by atoms with E-state index in [0.29, 0.717) is 12.1 Å². The third-order valence-electron chi connectivity index (χ3n) is 4.00. The Morgan fingerprint density at radius 1 is 1.14 bits per heavy atom. The van der Waals surface area contributed by atoms with E-state index in [1.807, 2.05) is 6.20 Å². The molecule has 0 N–H and O–H groups in total. The molecule has 3 aromatic rings. The van der Waals surface area contributed by atoms with Crippen LogP contribution in [0.5, 0.6) is 11.5 Å². The van der Waals surface area contributed by atoms with Gasteiger partial charge in [0.2, 0.25) is 0 Å². The average Bonchev–Trinajstić information content (AvgIpc) is 3.05. The highest BCUT2D eigenvalue weighted by molar-refractivity contribution is 5.94. The number of amides is 1. The molecule has 0 aliphatic rings. The molecule has 0 spiro atoms. The Bertz CT molecular complexity index is 983. The fraction of sp³-hybridized carbons (Fsp3) is 0.200. The van der Waals surface area contributed by atoms with Crippen molar-refractivity contribution in [2.75, 3.05) is 7.05 Å². The van der Waals surface area contributed by atoms with E-state index in [-0.39, 0.29) is 17.4 Å². The first-order chi connectivity index (χ1) is 13.2. The molecule has 0 aliphatic heterocycles. The van der Waals surface area contributed by atoms with Crippen molar-refractivity contribution in [2.45, 2.75) is 12.7 Å². The van der Waals surface area contributed by atoms with Crippen LogP contribution in [0, 0.1) is 0 Å². The van der Waals surface area contributed by atoms with Crippen molar-refractivity contribution in [1.29, 1.82) is 0 Å². The molecule has 1 aromatic heterocycles. The Hall–Kier alpha value is -3.29. The number of aromatic nitrogens is 2. The van der Waals surface area contributed by atoms with Crippen molar-refractivity contribution in [3.05, 3.63) is 77.6 Å². The molecule has 0 saturated heterocycles. The van der Waals surface area contributed by atoms with Gasteiger partial charge in [0, 0.05) is 38.0 Å². The number of carbonyl (C=O) groups excluding carboxylic acids is 1. The van der Waals surface area contributed by atoms with Crippen molar-refractivity contribution in [2.24, 2.45) is 7.05 Å².